The predicted molar refractivity (Wildman–Crippen MR) is 89.4 cm³/mol. The van der Waals surface area contributed by atoms with Crippen molar-refractivity contribution < 1.29 is 32.6 Å². The summed E-state index contributed by atoms with van der Waals surface area (Å²) in [7, 11) is 1.49. The topological polar surface area (TPSA) is 82.6 Å². The van der Waals surface area contributed by atoms with Crippen molar-refractivity contribution in [3.8, 4) is 0 Å². The Labute approximate surface area is 155 Å². The van der Waals surface area contributed by atoms with Gasteiger partial charge in [-0.1, -0.05) is 0 Å². The monoisotopic (exact) mass is 381 g/mol. The van der Waals surface area contributed by atoms with Crippen LogP contribution in [0.15, 0.2) is 12.1 Å². The second kappa shape index (κ2) is 8.31. The number of Topliss-reactive ketones (excluding diaryl/α,β-unsaturated/α-hetero) is 3. The van der Waals surface area contributed by atoms with Gasteiger partial charge in [0, 0.05) is 24.5 Å². The number of nitrogens with zero attached hydrogens (tertiary/aromatic N) is 1. The van der Waals surface area contributed by atoms with Gasteiger partial charge in [0.05, 0.1) is 25.5 Å². The predicted octanol–water partition coefficient (Wildman–Crippen LogP) is 2.55. The Bertz CT molecular complexity index is 730. The maximum atomic E-state index is 13.0. The van der Waals surface area contributed by atoms with Gasteiger partial charge in [-0.3, -0.25) is 14.4 Å². The third kappa shape index (κ3) is 3.96. The van der Waals surface area contributed by atoms with E-state index < -0.39 is 23.8 Å². The van der Waals surface area contributed by atoms with Gasteiger partial charge in [-0.25, -0.2) is 13.8 Å². The van der Waals surface area contributed by atoms with Crippen molar-refractivity contribution in [2.45, 2.75) is 32.3 Å². The number of fused-ring (bicyclic) bond motifs is 2. The molecule has 2 aliphatic rings. The lowest BCUT2D eigenvalue weighted by atomic mass is 9.75. The minimum Gasteiger partial charge on any atom is -0.382 e. The van der Waals surface area contributed by atoms with Gasteiger partial charge in [-0.15, -0.1) is 0 Å². The largest absolute Gasteiger partial charge is 0.382 e. The number of hydrogen-bond donors (Lipinski definition) is 0. The van der Waals surface area contributed by atoms with Crippen molar-refractivity contribution >= 4 is 17.3 Å². The van der Waals surface area contributed by atoms with E-state index in [0.29, 0.717) is 25.9 Å². The molecule has 146 valence electrons. The molecular formula is C19H21F2NO5. The summed E-state index contributed by atoms with van der Waals surface area (Å²) in [5.41, 5.74) is -0.490. The molecule has 0 N–H and O–H groups in total. The zero-order valence-corrected chi connectivity index (χ0v) is 15.0. The third-order valence-electron chi connectivity index (χ3n) is 5.22. The highest BCUT2D eigenvalue weighted by Gasteiger charge is 2.50. The molecule has 2 unspecified atom stereocenters. The van der Waals surface area contributed by atoms with E-state index in [4.69, 9.17) is 9.47 Å². The van der Waals surface area contributed by atoms with Gasteiger partial charge >= 0.3 is 0 Å². The highest BCUT2D eigenvalue weighted by molar-refractivity contribution is 6.26. The first-order chi connectivity index (χ1) is 12.9. The average molecular weight is 381 g/mol. The third-order valence-corrected chi connectivity index (χ3v) is 5.22. The molecule has 27 heavy (non-hydrogen) atoms. The van der Waals surface area contributed by atoms with Crippen LogP contribution in [0, 0.1) is 17.8 Å². The van der Waals surface area contributed by atoms with Crippen LogP contribution in [-0.4, -0.2) is 42.7 Å². The van der Waals surface area contributed by atoms with Gasteiger partial charge in [0.15, 0.2) is 17.3 Å². The minimum absolute atomic E-state index is 0.00687. The van der Waals surface area contributed by atoms with Gasteiger partial charge < -0.3 is 9.47 Å². The fourth-order valence-corrected chi connectivity index (χ4v) is 3.81. The lowest BCUT2D eigenvalue weighted by Gasteiger charge is -2.24. The number of rotatable bonds is 8. The van der Waals surface area contributed by atoms with Gasteiger partial charge in [0.2, 0.25) is 0 Å². The van der Waals surface area contributed by atoms with Crippen LogP contribution in [0.5, 0.6) is 0 Å². The lowest BCUT2D eigenvalue weighted by molar-refractivity contribution is -0.137. The molecule has 2 saturated carbocycles. The standard InChI is InChI=1S/C19H21F2NO5/c1-26-6-7-27-9-14-12(4-5-13(22-14)19(20)21)18(25)15-16(23)10-2-3-11(8-10)17(15)24/h4-5,10-11,15,19H,2-3,6-9H2,1H3. The number of hydrogen-bond acceptors (Lipinski definition) is 6. The molecular weight excluding hydrogens is 360 g/mol. The maximum Gasteiger partial charge on any atom is 0.280 e. The summed E-state index contributed by atoms with van der Waals surface area (Å²) < 4.78 is 36.2. The summed E-state index contributed by atoms with van der Waals surface area (Å²) in [6.07, 6.45) is -1.05. The van der Waals surface area contributed by atoms with Crippen molar-refractivity contribution in [3.05, 3.63) is 29.1 Å². The van der Waals surface area contributed by atoms with E-state index in [1.54, 1.807) is 0 Å². The van der Waals surface area contributed by atoms with Crippen LogP contribution in [0.2, 0.25) is 0 Å². The Morgan fingerprint density at radius 1 is 1.19 bits per heavy atom. The molecule has 2 atom stereocenters. The fraction of sp³-hybridized carbons (Fsp3) is 0.579. The number of halogens is 2. The fourth-order valence-electron chi connectivity index (χ4n) is 3.81. The van der Waals surface area contributed by atoms with Gasteiger partial charge in [-0.05, 0) is 31.4 Å². The number of ether oxygens (including phenoxy) is 2. The van der Waals surface area contributed by atoms with E-state index in [1.165, 1.54) is 13.2 Å². The van der Waals surface area contributed by atoms with E-state index in [-0.39, 0.29) is 47.9 Å². The average Bonchev–Trinajstić information content (AvgIpc) is 3.11. The van der Waals surface area contributed by atoms with Gasteiger partial charge in [0.1, 0.15) is 11.6 Å². The van der Waals surface area contributed by atoms with E-state index in [0.717, 1.165) is 6.07 Å². The Hall–Kier alpha value is -2.06. The first-order valence-corrected chi connectivity index (χ1v) is 8.90. The Kier molecular flexibility index (Phi) is 6.06. The van der Waals surface area contributed by atoms with Gasteiger partial charge in [0.25, 0.3) is 6.43 Å². The molecule has 1 aromatic rings. The molecule has 1 aromatic heterocycles. The second-order valence-corrected chi connectivity index (χ2v) is 6.89. The number of methoxy groups -OCH3 is 1. The Morgan fingerprint density at radius 2 is 1.85 bits per heavy atom. The Morgan fingerprint density at radius 3 is 2.44 bits per heavy atom. The molecule has 0 spiro atoms. The molecule has 3 rings (SSSR count). The molecule has 2 fully saturated rings. The van der Waals surface area contributed by atoms with Crippen molar-refractivity contribution in [3.63, 3.8) is 0 Å². The van der Waals surface area contributed by atoms with E-state index >= 15 is 0 Å². The Balaban J connectivity index is 1.88. The van der Waals surface area contributed by atoms with Crippen LogP contribution in [0.1, 0.15) is 47.4 Å². The molecule has 0 radical (unpaired) electrons. The number of carbonyl (C=O) groups excluding carboxylic acids is 3. The molecule has 8 heteroatoms. The van der Waals surface area contributed by atoms with Crippen LogP contribution in [0.4, 0.5) is 8.78 Å². The summed E-state index contributed by atoms with van der Waals surface area (Å²) >= 11 is 0. The van der Waals surface area contributed by atoms with Crippen LogP contribution in [-0.2, 0) is 25.7 Å². The summed E-state index contributed by atoms with van der Waals surface area (Å²) in [4.78, 5) is 41.9. The zero-order chi connectivity index (χ0) is 19.6. The first-order valence-electron chi connectivity index (χ1n) is 8.90. The molecule has 0 amide bonds. The molecule has 2 bridgehead atoms. The van der Waals surface area contributed by atoms with Crippen LogP contribution < -0.4 is 0 Å². The van der Waals surface area contributed by atoms with E-state index in [1.807, 2.05) is 0 Å². The molecule has 0 aliphatic heterocycles. The molecule has 0 saturated heterocycles. The highest BCUT2D eigenvalue weighted by Crippen LogP contribution is 2.41. The lowest BCUT2D eigenvalue weighted by Crippen LogP contribution is -2.41. The molecule has 2 aliphatic carbocycles. The molecule has 0 aromatic carbocycles. The van der Waals surface area contributed by atoms with Crippen LogP contribution >= 0.6 is 0 Å². The maximum absolute atomic E-state index is 13.0. The number of alkyl halides is 2. The smallest absolute Gasteiger partial charge is 0.280 e. The minimum atomic E-state index is -2.80. The molecule has 6 nitrogen and oxygen atoms in total. The summed E-state index contributed by atoms with van der Waals surface area (Å²) in [5.74, 6) is -3.27. The number of carbonyl (C=O) groups is 3. The first kappa shape index (κ1) is 19.7. The molecule has 1 heterocycles. The second-order valence-electron chi connectivity index (χ2n) is 6.89. The quantitative estimate of drug-likeness (QED) is 0.391. The number of pyridine rings is 1. The number of aromatic nitrogens is 1. The summed E-state index contributed by atoms with van der Waals surface area (Å²) in [6, 6.07) is 2.26. The normalized spacial score (nSPS) is 24.7. The van der Waals surface area contributed by atoms with Gasteiger partial charge in [-0.2, -0.15) is 0 Å². The van der Waals surface area contributed by atoms with Crippen molar-refractivity contribution in [2.24, 2.45) is 17.8 Å². The zero-order valence-electron chi connectivity index (χ0n) is 15.0. The summed E-state index contributed by atoms with van der Waals surface area (Å²) in [5, 5.41) is 0. The summed E-state index contributed by atoms with van der Waals surface area (Å²) in [6.45, 7) is 0.296. The van der Waals surface area contributed by atoms with Crippen molar-refractivity contribution in [2.75, 3.05) is 20.3 Å². The van der Waals surface area contributed by atoms with E-state index in [9.17, 15) is 23.2 Å². The van der Waals surface area contributed by atoms with Crippen molar-refractivity contribution in [1.29, 1.82) is 0 Å². The van der Waals surface area contributed by atoms with Crippen molar-refractivity contribution in [1.82, 2.24) is 4.98 Å². The van der Waals surface area contributed by atoms with Crippen LogP contribution in [0.3, 0.4) is 0 Å². The van der Waals surface area contributed by atoms with Crippen LogP contribution in [0.25, 0.3) is 0 Å². The van der Waals surface area contributed by atoms with E-state index in [2.05, 4.69) is 4.98 Å². The number of ketones is 3. The highest BCUT2D eigenvalue weighted by atomic mass is 19.3. The SMILES string of the molecule is COCCOCc1nc(C(F)F)ccc1C(=O)C1C(=O)C2CCC(C2)C1=O.